The molecule has 0 spiro atoms. The van der Waals surface area contributed by atoms with Gasteiger partial charge in [-0.25, -0.2) is 0 Å². The Morgan fingerprint density at radius 3 is 1.26 bits per heavy atom. The molecule has 0 radical (unpaired) electrons. The Bertz CT molecular complexity index is 2720. The first kappa shape index (κ1) is 34.7. The molecule has 1 aliphatic carbocycles. The van der Waals surface area contributed by atoms with Crippen molar-refractivity contribution in [2.24, 2.45) is 0 Å². The number of anilines is 3. The van der Waals surface area contributed by atoms with Crippen LogP contribution in [0.15, 0.2) is 235 Å². The number of fused-ring (bicyclic) bond motifs is 3. The lowest BCUT2D eigenvalue weighted by molar-refractivity contribution is 0.768. The number of halogens is 1. The van der Waals surface area contributed by atoms with Gasteiger partial charge in [0.1, 0.15) is 0 Å². The Morgan fingerprint density at radius 1 is 0.298 bits per heavy atom. The fourth-order valence-corrected chi connectivity index (χ4v) is 9.53. The first-order valence-electron chi connectivity index (χ1n) is 19.5. The van der Waals surface area contributed by atoms with E-state index in [0.29, 0.717) is 0 Å². The smallest absolute Gasteiger partial charge is 0.0714 e. The molecule has 0 atom stereocenters. The molecule has 0 N–H and O–H groups in total. The highest BCUT2D eigenvalue weighted by molar-refractivity contribution is 9.10. The van der Waals surface area contributed by atoms with Gasteiger partial charge in [0.25, 0.3) is 0 Å². The van der Waals surface area contributed by atoms with Crippen molar-refractivity contribution in [2.75, 3.05) is 4.90 Å². The minimum absolute atomic E-state index is 0.516. The van der Waals surface area contributed by atoms with Crippen molar-refractivity contribution in [3.8, 4) is 44.5 Å². The number of nitrogens with zero attached hydrogens (tertiary/aromatic N) is 1. The van der Waals surface area contributed by atoms with E-state index < -0.39 is 5.41 Å². The SMILES string of the molecule is Brc1c(-c2ccccc2)cc(N(c2ccc(-c3ccccc3)cc2)c2ccc3c(c2)C(c2ccccc2)(c2ccccc2)c2ccccc2-3)cc1-c1ccccc1. The molecule has 10 rings (SSSR count). The highest BCUT2D eigenvalue weighted by Crippen LogP contribution is 2.57. The molecule has 0 bridgehead atoms. The Balaban J connectivity index is 1.25. The molecule has 1 nitrogen and oxygen atoms in total. The molecule has 0 fully saturated rings. The second-order valence-corrected chi connectivity index (χ2v) is 15.4. The molecule has 2 heteroatoms. The predicted molar refractivity (Wildman–Crippen MR) is 242 cm³/mol. The van der Waals surface area contributed by atoms with E-state index >= 15 is 0 Å². The topological polar surface area (TPSA) is 3.24 Å². The number of rotatable bonds is 8. The molecule has 0 heterocycles. The summed E-state index contributed by atoms with van der Waals surface area (Å²) >= 11 is 4.09. The summed E-state index contributed by atoms with van der Waals surface area (Å²) in [6, 6.07) is 83.8. The second-order valence-electron chi connectivity index (χ2n) is 14.6. The summed E-state index contributed by atoms with van der Waals surface area (Å²) in [4.78, 5) is 2.43. The van der Waals surface area contributed by atoms with Crippen LogP contribution in [0.3, 0.4) is 0 Å². The zero-order valence-corrected chi connectivity index (χ0v) is 32.9. The molecule has 1 aliphatic rings. The van der Waals surface area contributed by atoms with Gasteiger partial charge in [0.2, 0.25) is 0 Å². The summed E-state index contributed by atoms with van der Waals surface area (Å²) in [7, 11) is 0. The zero-order chi connectivity index (χ0) is 38.2. The van der Waals surface area contributed by atoms with E-state index in [9.17, 15) is 0 Å². The van der Waals surface area contributed by atoms with Crippen LogP contribution in [-0.4, -0.2) is 0 Å². The Hall–Kier alpha value is -6.74. The summed E-state index contributed by atoms with van der Waals surface area (Å²) < 4.78 is 1.07. The van der Waals surface area contributed by atoms with Crippen LogP contribution in [0.4, 0.5) is 17.1 Å². The van der Waals surface area contributed by atoms with Crippen molar-refractivity contribution in [1.29, 1.82) is 0 Å². The van der Waals surface area contributed by atoms with Crippen molar-refractivity contribution in [3.63, 3.8) is 0 Å². The van der Waals surface area contributed by atoms with Gasteiger partial charge in [-0.05, 0) is 119 Å². The van der Waals surface area contributed by atoms with Crippen LogP contribution >= 0.6 is 15.9 Å². The quantitative estimate of drug-likeness (QED) is 0.148. The summed E-state index contributed by atoms with van der Waals surface area (Å²) in [5.41, 5.74) is 17.3. The third kappa shape index (κ3) is 6.01. The fourth-order valence-electron chi connectivity index (χ4n) is 8.85. The highest BCUT2D eigenvalue weighted by atomic mass is 79.9. The van der Waals surface area contributed by atoms with E-state index in [4.69, 9.17) is 0 Å². The molecule has 57 heavy (non-hydrogen) atoms. The van der Waals surface area contributed by atoms with Gasteiger partial charge in [-0.2, -0.15) is 0 Å². The Labute approximate surface area is 343 Å². The summed E-state index contributed by atoms with van der Waals surface area (Å²) in [6.07, 6.45) is 0. The lowest BCUT2D eigenvalue weighted by atomic mass is 9.67. The third-order valence-corrected chi connectivity index (χ3v) is 12.3. The third-order valence-electron chi connectivity index (χ3n) is 11.4. The first-order chi connectivity index (χ1) is 28.2. The minimum atomic E-state index is -0.516. The van der Waals surface area contributed by atoms with Gasteiger partial charge in [-0.3, -0.25) is 0 Å². The molecule has 0 saturated carbocycles. The predicted octanol–water partition coefficient (Wildman–Crippen LogP) is 15.3. The standard InChI is InChI=1S/C55H38BrN/c56-54-50(41-20-8-2-9-21-41)36-47(37-51(54)42-22-10-3-11-23-42)57(45-32-30-40(31-33-45)39-18-6-1-7-19-39)46-34-35-49-48-28-16-17-29-52(48)55(53(49)38-46,43-24-12-4-13-25-43)44-26-14-5-15-27-44/h1-38H. The van der Waals surface area contributed by atoms with Crippen LogP contribution in [0.1, 0.15) is 22.3 Å². The Kier molecular flexibility index (Phi) is 8.97. The Morgan fingerprint density at radius 2 is 0.719 bits per heavy atom. The van der Waals surface area contributed by atoms with Crippen molar-refractivity contribution in [2.45, 2.75) is 5.41 Å². The van der Waals surface area contributed by atoms with Crippen molar-refractivity contribution >= 4 is 33.0 Å². The average Bonchev–Trinajstić information content (AvgIpc) is 3.59. The molecule has 0 amide bonds. The van der Waals surface area contributed by atoms with Crippen LogP contribution in [0.5, 0.6) is 0 Å². The maximum atomic E-state index is 4.09. The van der Waals surface area contributed by atoms with Crippen LogP contribution in [0.2, 0.25) is 0 Å². The van der Waals surface area contributed by atoms with E-state index in [1.54, 1.807) is 0 Å². The molecule has 0 aliphatic heterocycles. The van der Waals surface area contributed by atoms with Crippen molar-refractivity contribution in [3.05, 3.63) is 257 Å². The first-order valence-corrected chi connectivity index (χ1v) is 20.2. The maximum absolute atomic E-state index is 4.09. The molecule has 9 aromatic rings. The molecular formula is C55H38BrN. The average molecular weight is 793 g/mol. The van der Waals surface area contributed by atoms with Gasteiger partial charge in [0.15, 0.2) is 0 Å². The molecule has 9 aromatic carbocycles. The summed E-state index contributed by atoms with van der Waals surface area (Å²) in [5.74, 6) is 0. The largest absolute Gasteiger partial charge is 0.310 e. The van der Waals surface area contributed by atoms with E-state index in [1.165, 1.54) is 44.5 Å². The molecule has 0 saturated heterocycles. The molecule has 270 valence electrons. The van der Waals surface area contributed by atoms with Gasteiger partial charge < -0.3 is 4.90 Å². The fraction of sp³-hybridized carbons (Fsp3) is 0.0182. The minimum Gasteiger partial charge on any atom is -0.310 e. The van der Waals surface area contributed by atoms with Gasteiger partial charge in [0, 0.05) is 21.5 Å². The van der Waals surface area contributed by atoms with Gasteiger partial charge >= 0.3 is 0 Å². The van der Waals surface area contributed by atoms with E-state index in [0.717, 1.165) is 43.8 Å². The van der Waals surface area contributed by atoms with Crippen LogP contribution in [-0.2, 0) is 5.41 Å². The number of hydrogen-bond acceptors (Lipinski definition) is 1. The van der Waals surface area contributed by atoms with Gasteiger partial charge in [-0.15, -0.1) is 0 Å². The van der Waals surface area contributed by atoms with Crippen LogP contribution in [0.25, 0.3) is 44.5 Å². The second kappa shape index (κ2) is 14.7. The summed E-state index contributed by atoms with van der Waals surface area (Å²) in [6.45, 7) is 0. The number of hydrogen-bond donors (Lipinski definition) is 0. The van der Waals surface area contributed by atoms with Crippen LogP contribution in [0, 0.1) is 0 Å². The van der Waals surface area contributed by atoms with E-state index in [2.05, 4.69) is 251 Å². The maximum Gasteiger partial charge on any atom is 0.0714 e. The van der Waals surface area contributed by atoms with E-state index in [-0.39, 0.29) is 0 Å². The normalized spacial score (nSPS) is 12.4. The summed E-state index contributed by atoms with van der Waals surface area (Å²) in [5, 5.41) is 0. The van der Waals surface area contributed by atoms with Gasteiger partial charge in [0.05, 0.1) is 5.41 Å². The highest BCUT2D eigenvalue weighted by Gasteiger charge is 2.46. The zero-order valence-electron chi connectivity index (χ0n) is 31.3. The lowest BCUT2D eigenvalue weighted by Crippen LogP contribution is -2.28. The molecule has 0 aromatic heterocycles. The van der Waals surface area contributed by atoms with Gasteiger partial charge in [-0.1, -0.05) is 194 Å². The van der Waals surface area contributed by atoms with Crippen molar-refractivity contribution < 1.29 is 0 Å². The van der Waals surface area contributed by atoms with Crippen LogP contribution < -0.4 is 4.90 Å². The molecular weight excluding hydrogens is 755 g/mol. The van der Waals surface area contributed by atoms with Crippen molar-refractivity contribution in [1.82, 2.24) is 0 Å². The number of benzene rings is 9. The monoisotopic (exact) mass is 791 g/mol. The molecule has 0 unspecified atom stereocenters. The van der Waals surface area contributed by atoms with E-state index in [1.807, 2.05) is 0 Å². The lowest BCUT2D eigenvalue weighted by Gasteiger charge is -2.35.